The number of carbonyl (C=O) groups is 2. The van der Waals surface area contributed by atoms with Gasteiger partial charge in [-0.15, -0.1) is 0 Å². The van der Waals surface area contributed by atoms with Gasteiger partial charge in [0, 0.05) is 26.6 Å². The average Bonchev–Trinajstić information content (AvgIpc) is 3.02. The molecule has 5 nitrogen and oxygen atoms in total. The van der Waals surface area contributed by atoms with Crippen molar-refractivity contribution >= 4 is 12.0 Å². The zero-order valence-corrected chi connectivity index (χ0v) is 12.2. The van der Waals surface area contributed by atoms with E-state index in [4.69, 9.17) is 5.11 Å². The van der Waals surface area contributed by atoms with Crippen molar-refractivity contribution in [1.29, 1.82) is 0 Å². The average molecular weight is 270 g/mol. The molecule has 1 rings (SSSR count). The summed E-state index contributed by atoms with van der Waals surface area (Å²) in [6.45, 7) is 5.68. The maximum atomic E-state index is 11.8. The molecule has 3 unspecified atom stereocenters. The van der Waals surface area contributed by atoms with E-state index in [1.165, 1.54) is 6.42 Å². The first-order valence-corrected chi connectivity index (χ1v) is 7.11. The Morgan fingerprint density at radius 1 is 1.42 bits per heavy atom. The summed E-state index contributed by atoms with van der Waals surface area (Å²) in [7, 11) is 1.83. The fourth-order valence-corrected chi connectivity index (χ4v) is 2.16. The molecule has 2 N–H and O–H groups in total. The third kappa shape index (κ3) is 6.45. The Morgan fingerprint density at radius 3 is 2.58 bits per heavy atom. The molecule has 2 amide bonds. The minimum Gasteiger partial charge on any atom is -0.481 e. The number of carbonyl (C=O) groups excluding carboxylic acids is 1. The van der Waals surface area contributed by atoms with Crippen LogP contribution in [0.2, 0.25) is 0 Å². The van der Waals surface area contributed by atoms with E-state index in [2.05, 4.69) is 12.2 Å². The van der Waals surface area contributed by atoms with Crippen LogP contribution in [0, 0.1) is 17.8 Å². The van der Waals surface area contributed by atoms with E-state index < -0.39 is 5.97 Å². The number of urea groups is 1. The van der Waals surface area contributed by atoms with Crippen LogP contribution in [-0.4, -0.2) is 42.1 Å². The molecule has 0 aromatic carbocycles. The smallest absolute Gasteiger partial charge is 0.317 e. The van der Waals surface area contributed by atoms with Crippen molar-refractivity contribution in [3.63, 3.8) is 0 Å². The van der Waals surface area contributed by atoms with Gasteiger partial charge in [0.25, 0.3) is 0 Å². The van der Waals surface area contributed by atoms with Crippen molar-refractivity contribution in [1.82, 2.24) is 10.2 Å². The lowest BCUT2D eigenvalue weighted by molar-refractivity contribution is -0.137. The van der Waals surface area contributed by atoms with Crippen molar-refractivity contribution in [2.45, 2.75) is 39.5 Å². The van der Waals surface area contributed by atoms with Crippen LogP contribution < -0.4 is 5.32 Å². The molecule has 1 aliphatic carbocycles. The van der Waals surface area contributed by atoms with E-state index >= 15 is 0 Å². The molecule has 0 saturated heterocycles. The lowest BCUT2D eigenvalue weighted by Gasteiger charge is -2.18. The SMILES string of the molecule is CC(CCNC(=O)N(C)CC1CC1C)CCC(=O)O. The molecule has 1 aliphatic rings. The monoisotopic (exact) mass is 270 g/mol. The van der Waals surface area contributed by atoms with E-state index in [-0.39, 0.29) is 12.5 Å². The summed E-state index contributed by atoms with van der Waals surface area (Å²) < 4.78 is 0. The maximum Gasteiger partial charge on any atom is 0.317 e. The van der Waals surface area contributed by atoms with Crippen LogP contribution in [0.25, 0.3) is 0 Å². The Hall–Kier alpha value is -1.26. The second kappa shape index (κ2) is 7.36. The Kier molecular flexibility index (Phi) is 6.12. The van der Waals surface area contributed by atoms with E-state index in [0.29, 0.717) is 24.8 Å². The Labute approximate surface area is 115 Å². The zero-order chi connectivity index (χ0) is 14.4. The molecule has 0 bridgehead atoms. The number of carboxylic acids is 1. The third-order valence-electron chi connectivity index (χ3n) is 3.90. The largest absolute Gasteiger partial charge is 0.481 e. The lowest BCUT2D eigenvalue weighted by Crippen LogP contribution is -2.39. The molecule has 3 atom stereocenters. The predicted octanol–water partition coefficient (Wildman–Crippen LogP) is 2.17. The van der Waals surface area contributed by atoms with Gasteiger partial charge in [-0.1, -0.05) is 13.8 Å². The first-order valence-electron chi connectivity index (χ1n) is 7.11. The number of nitrogens with zero attached hydrogens (tertiary/aromatic N) is 1. The maximum absolute atomic E-state index is 11.8. The summed E-state index contributed by atoms with van der Waals surface area (Å²) in [6, 6.07) is -0.0236. The highest BCUT2D eigenvalue weighted by Gasteiger charge is 2.34. The molecule has 0 aromatic heterocycles. The summed E-state index contributed by atoms with van der Waals surface area (Å²) in [5.74, 6) is 0.996. The summed E-state index contributed by atoms with van der Waals surface area (Å²) in [5, 5.41) is 11.5. The number of amides is 2. The number of aliphatic carboxylic acids is 1. The van der Waals surface area contributed by atoms with Gasteiger partial charge < -0.3 is 15.3 Å². The van der Waals surface area contributed by atoms with Crippen LogP contribution in [0.4, 0.5) is 4.79 Å². The van der Waals surface area contributed by atoms with Crippen LogP contribution >= 0.6 is 0 Å². The number of hydrogen-bond donors (Lipinski definition) is 2. The molecule has 19 heavy (non-hydrogen) atoms. The summed E-state index contributed by atoms with van der Waals surface area (Å²) in [5.41, 5.74) is 0. The summed E-state index contributed by atoms with van der Waals surface area (Å²) in [4.78, 5) is 24.0. The summed E-state index contributed by atoms with van der Waals surface area (Å²) in [6.07, 6.45) is 2.92. The molecular formula is C14H26N2O3. The van der Waals surface area contributed by atoms with Crippen molar-refractivity contribution in [3.05, 3.63) is 0 Å². The minimum atomic E-state index is -0.755. The second-order valence-corrected chi connectivity index (χ2v) is 5.91. The van der Waals surface area contributed by atoms with Gasteiger partial charge in [0.2, 0.25) is 0 Å². The van der Waals surface area contributed by atoms with E-state index in [1.807, 2.05) is 14.0 Å². The van der Waals surface area contributed by atoms with E-state index in [1.54, 1.807) is 4.90 Å². The van der Waals surface area contributed by atoms with Gasteiger partial charge in [-0.05, 0) is 37.0 Å². The minimum absolute atomic E-state index is 0.0236. The highest BCUT2D eigenvalue weighted by molar-refractivity contribution is 5.73. The fourth-order valence-electron chi connectivity index (χ4n) is 2.16. The van der Waals surface area contributed by atoms with Crippen LogP contribution in [0.5, 0.6) is 0 Å². The first kappa shape index (κ1) is 15.8. The Bertz CT molecular complexity index is 320. The van der Waals surface area contributed by atoms with Gasteiger partial charge in [0.05, 0.1) is 0 Å². The number of rotatable bonds is 8. The number of hydrogen-bond acceptors (Lipinski definition) is 2. The van der Waals surface area contributed by atoms with Crippen LogP contribution in [-0.2, 0) is 4.79 Å². The van der Waals surface area contributed by atoms with Gasteiger partial charge in [0.15, 0.2) is 0 Å². The number of nitrogens with one attached hydrogen (secondary N) is 1. The molecular weight excluding hydrogens is 244 g/mol. The van der Waals surface area contributed by atoms with Crippen LogP contribution in [0.1, 0.15) is 39.5 Å². The molecule has 0 heterocycles. The van der Waals surface area contributed by atoms with Crippen molar-refractivity contribution in [3.8, 4) is 0 Å². The fraction of sp³-hybridized carbons (Fsp3) is 0.857. The second-order valence-electron chi connectivity index (χ2n) is 5.91. The predicted molar refractivity (Wildman–Crippen MR) is 74.0 cm³/mol. The molecule has 110 valence electrons. The molecule has 0 aromatic rings. The molecule has 0 aliphatic heterocycles. The lowest BCUT2D eigenvalue weighted by atomic mass is 10.0. The standard InChI is InChI=1S/C14H26N2O3/c1-10(4-5-13(17)18)6-7-15-14(19)16(3)9-12-8-11(12)2/h10-12H,4-9H2,1-3H3,(H,15,19)(H,17,18). The highest BCUT2D eigenvalue weighted by atomic mass is 16.4. The normalized spacial score (nSPS) is 22.7. The van der Waals surface area contributed by atoms with E-state index in [9.17, 15) is 9.59 Å². The van der Waals surface area contributed by atoms with Crippen LogP contribution in [0.15, 0.2) is 0 Å². The van der Waals surface area contributed by atoms with Gasteiger partial charge in [-0.2, -0.15) is 0 Å². The van der Waals surface area contributed by atoms with Gasteiger partial charge in [0.1, 0.15) is 0 Å². The quantitative estimate of drug-likeness (QED) is 0.710. The Balaban J connectivity index is 2.07. The molecule has 1 fully saturated rings. The van der Waals surface area contributed by atoms with Crippen molar-refractivity contribution in [2.75, 3.05) is 20.1 Å². The molecule has 0 radical (unpaired) electrons. The first-order chi connectivity index (χ1) is 8.90. The van der Waals surface area contributed by atoms with Gasteiger partial charge >= 0.3 is 12.0 Å². The Morgan fingerprint density at radius 2 is 2.05 bits per heavy atom. The van der Waals surface area contributed by atoms with Crippen LogP contribution in [0.3, 0.4) is 0 Å². The van der Waals surface area contributed by atoms with Gasteiger partial charge in [-0.3, -0.25) is 4.79 Å². The molecule has 1 saturated carbocycles. The van der Waals surface area contributed by atoms with Crippen molar-refractivity contribution < 1.29 is 14.7 Å². The highest BCUT2D eigenvalue weighted by Crippen LogP contribution is 2.37. The van der Waals surface area contributed by atoms with Crippen molar-refractivity contribution in [2.24, 2.45) is 17.8 Å². The van der Waals surface area contributed by atoms with E-state index in [0.717, 1.165) is 18.9 Å². The topological polar surface area (TPSA) is 69.6 Å². The number of carboxylic acid groups (broad SMARTS) is 1. The summed E-state index contributed by atoms with van der Waals surface area (Å²) >= 11 is 0. The third-order valence-corrected chi connectivity index (χ3v) is 3.90. The molecule has 0 spiro atoms. The molecule has 5 heteroatoms. The van der Waals surface area contributed by atoms with Gasteiger partial charge in [-0.25, -0.2) is 4.79 Å². The zero-order valence-electron chi connectivity index (χ0n) is 12.2.